The maximum Gasteiger partial charge on any atom is 0.161 e. The fraction of sp³-hybridized carbons (Fsp3) is 0.176. The van der Waals surface area contributed by atoms with Crippen LogP contribution in [0.5, 0.6) is 11.5 Å². The summed E-state index contributed by atoms with van der Waals surface area (Å²) >= 11 is 9.74. The van der Waals surface area contributed by atoms with Crippen LogP contribution in [0.1, 0.15) is 11.3 Å². The van der Waals surface area contributed by atoms with Crippen molar-refractivity contribution in [3.63, 3.8) is 0 Å². The van der Waals surface area contributed by atoms with Crippen LogP contribution in [-0.2, 0) is 6.42 Å². The molecule has 1 aromatic carbocycles. The molecule has 0 amide bonds. The van der Waals surface area contributed by atoms with Crippen molar-refractivity contribution in [2.75, 3.05) is 14.2 Å². The molecule has 0 aliphatic carbocycles. The van der Waals surface area contributed by atoms with Gasteiger partial charge in [0.25, 0.3) is 0 Å². The molecule has 3 aromatic rings. The molecule has 0 bridgehead atoms. The topological polar surface area (TPSA) is 60.0 Å². The van der Waals surface area contributed by atoms with Gasteiger partial charge < -0.3 is 9.47 Å². The van der Waals surface area contributed by atoms with Gasteiger partial charge in [-0.05, 0) is 29.8 Å². The lowest BCUT2D eigenvalue weighted by atomic mass is 10.1. The number of H-pyrrole nitrogens is 1. The minimum absolute atomic E-state index is 0.572. The molecule has 2 aromatic heterocycles. The van der Waals surface area contributed by atoms with Crippen LogP contribution in [0.2, 0.25) is 5.02 Å². The van der Waals surface area contributed by atoms with Gasteiger partial charge in [-0.1, -0.05) is 27.5 Å². The Morgan fingerprint density at radius 1 is 1.17 bits per heavy atom. The van der Waals surface area contributed by atoms with Gasteiger partial charge >= 0.3 is 0 Å². The second-order valence-electron chi connectivity index (χ2n) is 5.11. The van der Waals surface area contributed by atoms with Crippen molar-refractivity contribution < 1.29 is 9.47 Å². The highest BCUT2D eigenvalue weighted by Gasteiger charge is 2.13. The number of aromatic nitrogens is 3. The number of nitrogens with one attached hydrogen (secondary N) is 1. The SMILES string of the molecule is COc1cc(Br)c(Cc2cc(-c3ccncc3Cl)n[nH]2)cc1OC. The molecule has 0 saturated carbocycles. The highest BCUT2D eigenvalue weighted by atomic mass is 79.9. The number of benzene rings is 1. The Labute approximate surface area is 153 Å². The lowest BCUT2D eigenvalue weighted by molar-refractivity contribution is 0.354. The van der Waals surface area contributed by atoms with Crippen molar-refractivity contribution in [1.82, 2.24) is 15.2 Å². The van der Waals surface area contributed by atoms with Crippen molar-refractivity contribution in [2.45, 2.75) is 6.42 Å². The lowest BCUT2D eigenvalue weighted by Crippen LogP contribution is -1.95. The third kappa shape index (κ3) is 3.39. The normalized spacial score (nSPS) is 10.7. The van der Waals surface area contributed by atoms with Crippen molar-refractivity contribution in [2.24, 2.45) is 0 Å². The van der Waals surface area contributed by atoms with Crippen LogP contribution >= 0.6 is 27.5 Å². The Hall–Kier alpha value is -2.05. The first-order chi connectivity index (χ1) is 11.6. The Kier molecular flexibility index (Phi) is 5.06. The number of hydrogen-bond donors (Lipinski definition) is 1. The van der Waals surface area contributed by atoms with Crippen LogP contribution < -0.4 is 9.47 Å². The Morgan fingerprint density at radius 2 is 1.92 bits per heavy atom. The van der Waals surface area contributed by atoms with E-state index in [9.17, 15) is 0 Å². The van der Waals surface area contributed by atoms with E-state index in [-0.39, 0.29) is 0 Å². The van der Waals surface area contributed by atoms with E-state index in [0.717, 1.165) is 27.0 Å². The van der Waals surface area contributed by atoms with Gasteiger partial charge in [-0.15, -0.1) is 0 Å². The molecule has 24 heavy (non-hydrogen) atoms. The van der Waals surface area contributed by atoms with Crippen molar-refractivity contribution in [3.8, 4) is 22.8 Å². The van der Waals surface area contributed by atoms with E-state index in [2.05, 4.69) is 31.1 Å². The molecule has 3 rings (SSSR count). The number of halogens is 2. The first-order valence-electron chi connectivity index (χ1n) is 7.17. The molecule has 7 heteroatoms. The van der Waals surface area contributed by atoms with Gasteiger partial charge in [0.2, 0.25) is 0 Å². The number of hydrogen-bond acceptors (Lipinski definition) is 4. The summed E-state index contributed by atoms with van der Waals surface area (Å²) < 4.78 is 11.6. The molecule has 0 fully saturated rings. The van der Waals surface area contributed by atoms with Crippen LogP contribution in [0.25, 0.3) is 11.3 Å². The van der Waals surface area contributed by atoms with E-state index in [0.29, 0.717) is 22.9 Å². The third-order valence-electron chi connectivity index (χ3n) is 3.61. The van der Waals surface area contributed by atoms with Crippen LogP contribution in [0, 0.1) is 0 Å². The Balaban J connectivity index is 1.89. The molecule has 1 N–H and O–H groups in total. The zero-order chi connectivity index (χ0) is 17.1. The van der Waals surface area contributed by atoms with Gasteiger partial charge in [0, 0.05) is 34.5 Å². The highest BCUT2D eigenvalue weighted by Crippen LogP contribution is 2.34. The summed E-state index contributed by atoms with van der Waals surface area (Å²) in [6, 6.07) is 7.66. The third-order valence-corrected chi connectivity index (χ3v) is 4.65. The van der Waals surface area contributed by atoms with E-state index in [1.165, 1.54) is 0 Å². The largest absolute Gasteiger partial charge is 0.493 e. The number of aromatic amines is 1. The second kappa shape index (κ2) is 7.23. The summed E-state index contributed by atoms with van der Waals surface area (Å²) in [7, 11) is 3.23. The standard InChI is InChI=1S/C17H15BrClN3O2/c1-23-16-6-10(13(18)8-17(16)24-2)5-11-7-15(22-21-11)12-3-4-20-9-14(12)19/h3-4,6-9H,5H2,1-2H3,(H,21,22). The number of methoxy groups -OCH3 is 2. The van der Waals surface area contributed by atoms with Gasteiger partial charge in [-0.3, -0.25) is 10.1 Å². The van der Waals surface area contributed by atoms with Gasteiger partial charge in [-0.2, -0.15) is 5.10 Å². The maximum absolute atomic E-state index is 6.17. The van der Waals surface area contributed by atoms with E-state index in [4.69, 9.17) is 21.1 Å². The quantitative estimate of drug-likeness (QED) is 0.675. The van der Waals surface area contributed by atoms with Crippen LogP contribution in [0.4, 0.5) is 0 Å². The van der Waals surface area contributed by atoms with Crippen molar-refractivity contribution in [3.05, 3.63) is 57.4 Å². The number of nitrogens with zero attached hydrogens (tertiary/aromatic N) is 2. The average Bonchev–Trinajstić information content (AvgIpc) is 3.05. The molecule has 0 aliphatic heterocycles. The first-order valence-corrected chi connectivity index (χ1v) is 8.34. The lowest BCUT2D eigenvalue weighted by Gasteiger charge is -2.11. The fourth-order valence-electron chi connectivity index (χ4n) is 2.41. The summed E-state index contributed by atoms with van der Waals surface area (Å²) in [5.41, 5.74) is 3.66. The van der Waals surface area contributed by atoms with Gasteiger partial charge in [-0.25, -0.2) is 0 Å². The number of pyridine rings is 1. The monoisotopic (exact) mass is 407 g/mol. The molecule has 5 nitrogen and oxygen atoms in total. The minimum atomic E-state index is 0.572. The smallest absolute Gasteiger partial charge is 0.161 e. The maximum atomic E-state index is 6.17. The van der Waals surface area contributed by atoms with Crippen LogP contribution in [-0.4, -0.2) is 29.4 Å². The molecular weight excluding hydrogens is 394 g/mol. The van der Waals surface area contributed by atoms with Crippen LogP contribution in [0.15, 0.2) is 41.1 Å². The summed E-state index contributed by atoms with van der Waals surface area (Å²) in [4.78, 5) is 3.99. The van der Waals surface area contributed by atoms with E-state index >= 15 is 0 Å². The molecule has 0 aliphatic rings. The van der Waals surface area contributed by atoms with Crippen molar-refractivity contribution in [1.29, 1.82) is 0 Å². The summed E-state index contributed by atoms with van der Waals surface area (Å²) in [6.45, 7) is 0. The molecule has 2 heterocycles. The highest BCUT2D eigenvalue weighted by molar-refractivity contribution is 9.10. The molecule has 0 atom stereocenters. The van der Waals surface area contributed by atoms with E-state index in [1.807, 2.05) is 24.3 Å². The van der Waals surface area contributed by atoms with Gasteiger partial charge in [0.05, 0.1) is 24.9 Å². The first kappa shape index (κ1) is 16.8. The van der Waals surface area contributed by atoms with Crippen molar-refractivity contribution >= 4 is 27.5 Å². The summed E-state index contributed by atoms with van der Waals surface area (Å²) in [5, 5.41) is 7.96. The average molecular weight is 409 g/mol. The zero-order valence-electron chi connectivity index (χ0n) is 13.1. The predicted octanol–water partition coefficient (Wildman–Crippen LogP) is 4.50. The molecule has 0 saturated heterocycles. The number of ether oxygens (including phenoxy) is 2. The number of rotatable bonds is 5. The molecular formula is C17H15BrClN3O2. The molecule has 0 unspecified atom stereocenters. The minimum Gasteiger partial charge on any atom is -0.493 e. The fourth-order valence-corrected chi connectivity index (χ4v) is 3.09. The van der Waals surface area contributed by atoms with Gasteiger partial charge in [0.1, 0.15) is 0 Å². The van der Waals surface area contributed by atoms with Crippen LogP contribution in [0.3, 0.4) is 0 Å². The molecule has 0 radical (unpaired) electrons. The Bertz CT molecular complexity index is 867. The van der Waals surface area contributed by atoms with Gasteiger partial charge in [0.15, 0.2) is 11.5 Å². The predicted molar refractivity (Wildman–Crippen MR) is 96.9 cm³/mol. The Morgan fingerprint density at radius 3 is 2.62 bits per heavy atom. The zero-order valence-corrected chi connectivity index (χ0v) is 15.5. The molecule has 124 valence electrons. The van der Waals surface area contributed by atoms with E-state index in [1.54, 1.807) is 26.6 Å². The second-order valence-corrected chi connectivity index (χ2v) is 6.37. The summed E-state index contributed by atoms with van der Waals surface area (Å²) in [5.74, 6) is 1.37. The molecule has 0 spiro atoms. The summed E-state index contributed by atoms with van der Waals surface area (Å²) in [6.07, 6.45) is 3.97. The van der Waals surface area contributed by atoms with E-state index < -0.39 is 0 Å².